The largest absolute Gasteiger partial charge is 0.312 e. The summed E-state index contributed by atoms with van der Waals surface area (Å²) >= 11 is 3.50. The Hall–Kier alpha value is -1.72. The van der Waals surface area contributed by atoms with Gasteiger partial charge in [-0.25, -0.2) is 0 Å². The zero-order valence-corrected chi connectivity index (χ0v) is 12.4. The Morgan fingerprint density at radius 3 is 3.00 bits per heavy atom. The Bertz CT molecular complexity index is 794. The quantitative estimate of drug-likeness (QED) is 0.746. The van der Waals surface area contributed by atoms with Crippen molar-refractivity contribution in [3.63, 3.8) is 0 Å². The maximum Gasteiger partial charge on any atom is 0.168 e. The van der Waals surface area contributed by atoms with Crippen LogP contribution in [0.5, 0.6) is 0 Å². The van der Waals surface area contributed by atoms with Crippen molar-refractivity contribution in [3.05, 3.63) is 52.1 Å². The van der Waals surface area contributed by atoms with Crippen LogP contribution in [0.25, 0.3) is 17.0 Å². The van der Waals surface area contributed by atoms with Gasteiger partial charge >= 0.3 is 0 Å². The van der Waals surface area contributed by atoms with Crippen LogP contribution in [0.2, 0.25) is 0 Å². The van der Waals surface area contributed by atoms with Crippen LogP contribution in [-0.4, -0.2) is 21.1 Å². The molecule has 0 fully saturated rings. The van der Waals surface area contributed by atoms with Crippen molar-refractivity contribution in [1.29, 1.82) is 0 Å². The fourth-order valence-corrected chi connectivity index (χ4v) is 3.02. The second-order valence-corrected chi connectivity index (χ2v) is 5.93. The van der Waals surface area contributed by atoms with E-state index < -0.39 is 0 Å². The number of fused-ring (bicyclic) bond motifs is 2. The number of hydrogen-bond acceptors (Lipinski definition) is 3. The lowest BCUT2D eigenvalue weighted by Gasteiger charge is -2.17. The SMILES string of the molecule is Brc1ccc2nnc(-c3ccc4c(c3)CNCC4)n2c1. The summed E-state index contributed by atoms with van der Waals surface area (Å²) in [5.74, 6) is 0.884. The molecule has 0 spiro atoms. The first-order chi connectivity index (χ1) is 9.81. The molecular formula is C15H13BrN4. The van der Waals surface area contributed by atoms with Crippen molar-refractivity contribution in [3.8, 4) is 11.4 Å². The highest BCUT2D eigenvalue weighted by Crippen LogP contribution is 2.24. The van der Waals surface area contributed by atoms with Crippen molar-refractivity contribution in [2.75, 3.05) is 6.54 Å². The minimum atomic E-state index is 0.860. The van der Waals surface area contributed by atoms with Gasteiger partial charge in [-0.15, -0.1) is 10.2 Å². The Labute approximate surface area is 125 Å². The monoisotopic (exact) mass is 328 g/mol. The fourth-order valence-electron chi connectivity index (χ4n) is 2.68. The third-order valence-corrected chi connectivity index (χ3v) is 4.19. The third kappa shape index (κ3) is 1.94. The zero-order chi connectivity index (χ0) is 13.5. The lowest BCUT2D eigenvalue weighted by atomic mass is 9.98. The smallest absolute Gasteiger partial charge is 0.168 e. The van der Waals surface area contributed by atoms with Crippen molar-refractivity contribution in [1.82, 2.24) is 19.9 Å². The highest BCUT2D eigenvalue weighted by Gasteiger charge is 2.13. The molecule has 3 aromatic rings. The summed E-state index contributed by atoms with van der Waals surface area (Å²) in [5, 5.41) is 12.0. The van der Waals surface area contributed by atoms with E-state index in [1.807, 2.05) is 22.7 Å². The molecule has 100 valence electrons. The van der Waals surface area contributed by atoms with Crippen molar-refractivity contribution in [2.24, 2.45) is 0 Å². The number of nitrogens with zero attached hydrogens (tertiary/aromatic N) is 3. The number of hydrogen-bond donors (Lipinski definition) is 1. The van der Waals surface area contributed by atoms with Gasteiger partial charge in [0.25, 0.3) is 0 Å². The van der Waals surface area contributed by atoms with E-state index in [2.05, 4.69) is 49.6 Å². The molecule has 3 heterocycles. The number of aromatic nitrogens is 3. The first-order valence-corrected chi connectivity index (χ1v) is 7.44. The van der Waals surface area contributed by atoms with Crippen LogP contribution < -0.4 is 5.32 Å². The number of halogens is 1. The lowest BCUT2D eigenvalue weighted by molar-refractivity contribution is 0.644. The average Bonchev–Trinajstić information content (AvgIpc) is 2.89. The first kappa shape index (κ1) is 12.1. The molecule has 2 aromatic heterocycles. The van der Waals surface area contributed by atoms with Gasteiger partial charge in [-0.3, -0.25) is 4.40 Å². The normalized spacial score (nSPS) is 14.4. The average molecular weight is 329 g/mol. The van der Waals surface area contributed by atoms with E-state index >= 15 is 0 Å². The molecule has 4 nitrogen and oxygen atoms in total. The van der Waals surface area contributed by atoms with Gasteiger partial charge in [0.2, 0.25) is 0 Å². The zero-order valence-electron chi connectivity index (χ0n) is 10.8. The molecule has 4 rings (SSSR count). The molecule has 0 saturated heterocycles. The molecule has 1 aromatic carbocycles. The second kappa shape index (κ2) is 4.68. The predicted molar refractivity (Wildman–Crippen MR) is 81.5 cm³/mol. The predicted octanol–water partition coefficient (Wildman–Crippen LogP) is 2.80. The Kier molecular flexibility index (Phi) is 2.82. The van der Waals surface area contributed by atoms with E-state index in [-0.39, 0.29) is 0 Å². The van der Waals surface area contributed by atoms with Gasteiger partial charge < -0.3 is 5.32 Å². The second-order valence-electron chi connectivity index (χ2n) is 5.01. The van der Waals surface area contributed by atoms with Gasteiger partial charge in [-0.1, -0.05) is 12.1 Å². The summed E-state index contributed by atoms with van der Waals surface area (Å²) < 4.78 is 3.04. The summed E-state index contributed by atoms with van der Waals surface area (Å²) in [4.78, 5) is 0. The minimum absolute atomic E-state index is 0.860. The molecule has 5 heteroatoms. The van der Waals surface area contributed by atoms with Crippen LogP contribution in [0.15, 0.2) is 41.0 Å². The van der Waals surface area contributed by atoms with Crippen molar-refractivity contribution >= 4 is 21.6 Å². The lowest BCUT2D eigenvalue weighted by Crippen LogP contribution is -2.23. The van der Waals surface area contributed by atoms with Crippen LogP contribution >= 0.6 is 15.9 Å². The first-order valence-electron chi connectivity index (χ1n) is 6.64. The standard InChI is InChI=1S/C15H13BrN4/c16-13-3-4-14-18-19-15(20(14)9-13)11-2-1-10-5-6-17-8-12(10)7-11/h1-4,7,9,17H,5-6,8H2. The van der Waals surface area contributed by atoms with E-state index in [1.165, 1.54) is 11.1 Å². The molecule has 1 aliphatic heterocycles. The van der Waals surface area contributed by atoms with Gasteiger partial charge in [0.05, 0.1) is 0 Å². The summed E-state index contributed by atoms with van der Waals surface area (Å²) in [7, 11) is 0. The van der Waals surface area contributed by atoms with Crippen molar-refractivity contribution < 1.29 is 0 Å². The Morgan fingerprint density at radius 2 is 2.05 bits per heavy atom. The Balaban J connectivity index is 1.88. The van der Waals surface area contributed by atoms with Gasteiger partial charge in [-0.2, -0.15) is 0 Å². The van der Waals surface area contributed by atoms with Crippen LogP contribution in [0.3, 0.4) is 0 Å². The minimum Gasteiger partial charge on any atom is -0.312 e. The third-order valence-electron chi connectivity index (χ3n) is 3.72. The van der Waals surface area contributed by atoms with Gasteiger partial charge in [-0.05, 0) is 58.2 Å². The van der Waals surface area contributed by atoms with Crippen LogP contribution in [0, 0.1) is 0 Å². The molecule has 0 saturated carbocycles. The molecule has 0 radical (unpaired) electrons. The molecule has 20 heavy (non-hydrogen) atoms. The fraction of sp³-hybridized carbons (Fsp3) is 0.200. The van der Waals surface area contributed by atoms with Gasteiger partial charge in [0.1, 0.15) is 0 Å². The van der Waals surface area contributed by atoms with Crippen molar-refractivity contribution in [2.45, 2.75) is 13.0 Å². The van der Waals surface area contributed by atoms with E-state index in [1.54, 1.807) is 0 Å². The molecule has 0 atom stereocenters. The molecule has 1 aliphatic rings. The van der Waals surface area contributed by atoms with Gasteiger partial charge in [0.15, 0.2) is 11.5 Å². The topological polar surface area (TPSA) is 42.2 Å². The molecule has 0 unspecified atom stereocenters. The Morgan fingerprint density at radius 1 is 1.10 bits per heavy atom. The highest BCUT2D eigenvalue weighted by molar-refractivity contribution is 9.10. The molecule has 1 N–H and O–H groups in total. The van der Waals surface area contributed by atoms with E-state index in [9.17, 15) is 0 Å². The molecule has 0 aliphatic carbocycles. The van der Waals surface area contributed by atoms with Gasteiger partial charge in [0, 0.05) is 22.8 Å². The van der Waals surface area contributed by atoms with E-state index in [0.29, 0.717) is 0 Å². The van der Waals surface area contributed by atoms with E-state index in [4.69, 9.17) is 0 Å². The summed E-state index contributed by atoms with van der Waals surface area (Å²) in [6.07, 6.45) is 3.10. The number of pyridine rings is 1. The maximum absolute atomic E-state index is 4.33. The summed E-state index contributed by atoms with van der Waals surface area (Å²) in [6.45, 7) is 2.00. The molecule has 0 bridgehead atoms. The van der Waals surface area contributed by atoms with E-state index in [0.717, 1.165) is 41.0 Å². The van der Waals surface area contributed by atoms with Crippen LogP contribution in [0.4, 0.5) is 0 Å². The van der Waals surface area contributed by atoms with Crippen LogP contribution in [-0.2, 0) is 13.0 Å². The number of benzene rings is 1. The molecule has 0 amide bonds. The number of rotatable bonds is 1. The summed E-state index contributed by atoms with van der Waals surface area (Å²) in [6, 6.07) is 10.5. The summed E-state index contributed by atoms with van der Waals surface area (Å²) in [5.41, 5.74) is 4.76. The maximum atomic E-state index is 4.33. The molecular weight excluding hydrogens is 316 g/mol. The highest BCUT2D eigenvalue weighted by atomic mass is 79.9. The number of nitrogens with one attached hydrogen (secondary N) is 1. The van der Waals surface area contributed by atoms with Crippen LogP contribution in [0.1, 0.15) is 11.1 Å².